The number of hydrogen-bond donors (Lipinski definition) is 2. The Labute approximate surface area is 247 Å². The monoisotopic (exact) mass is 540 g/mol. The second kappa shape index (κ2) is 10.9. The van der Waals surface area contributed by atoms with Crippen molar-refractivity contribution in [1.82, 2.24) is 0 Å². The van der Waals surface area contributed by atoms with E-state index in [4.69, 9.17) is 0 Å². The summed E-state index contributed by atoms with van der Waals surface area (Å²) in [5.41, 5.74) is 11.6. The van der Waals surface area contributed by atoms with Crippen LogP contribution in [0.2, 0.25) is 0 Å². The topological polar surface area (TPSA) is 24.1 Å². The highest BCUT2D eigenvalue weighted by Gasteiger charge is 2.21. The Balaban J connectivity index is 1.62. The predicted molar refractivity (Wildman–Crippen MR) is 181 cm³/mol. The zero-order valence-corrected chi connectivity index (χ0v) is 23.9. The fourth-order valence-corrected chi connectivity index (χ4v) is 5.86. The minimum Gasteiger partial charge on any atom is -0.355 e. The summed E-state index contributed by atoms with van der Waals surface area (Å²) in [6, 6.07) is 52.0. The number of hydrogen-bond acceptors (Lipinski definition) is 2. The lowest BCUT2D eigenvalue weighted by Gasteiger charge is -2.23. The van der Waals surface area contributed by atoms with Crippen LogP contribution in [0.25, 0.3) is 43.8 Å². The molecule has 0 spiro atoms. The van der Waals surface area contributed by atoms with Gasteiger partial charge in [-0.1, -0.05) is 132 Å². The van der Waals surface area contributed by atoms with Crippen molar-refractivity contribution in [2.45, 2.75) is 13.8 Å². The first kappa shape index (κ1) is 25.6. The van der Waals surface area contributed by atoms with Crippen molar-refractivity contribution < 1.29 is 0 Å². The maximum atomic E-state index is 3.88. The average Bonchev–Trinajstić information content (AvgIpc) is 3.04. The molecule has 0 aliphatic rings. The summed E-state index contributed by atoms with van der Waals surface area (Å²) in [6.45, 7) is 4.25. The third kappa shape index (κ3) is 4.78. The van der Waals surface area contributed by atoms with E-state index in [1.807, 2.05) is 0 Å². The minimum atomic E-state index is 1.07. The summed E-state index contributed by atoms with van der Waals surface area (Å²) < 4.78 is 0. The molecule has 0 aliphatic heterocycles. The smallest absolute Gasteiger partial charge is 0.0551 e. The van der Waals surface area contributed by atoms with Gasteiger partial charge in [-0.15, -0.1) is 0 Å². The number of aryl methyl sites for hydroxylation is 2. The molecule has 0 amide bonds. The van der Waals surface area contributed by atoms with Crippen LogP contribution in [0.4, 0.5) is 22.7 Å². The van der Waals surface area contributed by atoms with Gasteiger partial charge in [-0.25, -0.2) is 0 Å². The average molecular weight is 541 g/mol. The molecular formula is C40H32N2. The lowest BCUT2D eigenvalue weighted by molar-refractivity contribution is 1.46. The van der Waals surface area contributed by atoms with E-state index in [1.165, 1.54) is 54.9 Å². The normalized spacial score (nSPS) is 11.1. The molecule has 0 radical (unpaired) electrons. The molecule has 42 heavy (non-hydrogen) atoms. The Morgan fingerprint density at radius 1 is 0.381 bits per heavy atom. The third-order valence-electron chi connectivity index (χ3n) is 7.98. The van der Waals surface area contributed by atoms with E-state index in [2.05, 4.69) is 170 Å². The number of rotatable bonds is 6. The summed E-state index contributed by atoms with van der Waals surface area (Å²) in [7, 11) is 0. The SMILES string of the molecule is Cc1ccc(Nc2c3ccccc3c(Nc3ccc(C)cc3)c3c(-c4ccccc4)c(-c4ccccc4)ccc23)cc1. The van der Waals surface area contributed by atoms with Crippen molar-refractivity contribution in [2.24, 2.45) is 0 Å². The van der Waals surface area contributed by atoms with Crippen LogP contribution in [0.3, 0.4) is 0 Å². The van der Waals surface area contributed by atoms with E-state index in [1.54, 1.807) is 0 Å². The molecule has 7 rings (SSSR count). The van der Waals surface area contributed by atoms with Crippen molar-refractivity contribution in [1.29, 1.82) is 0 Å². The maximum Gasteiger partial charge on any atom is 0.0551 e. The number of benzene rings is 7. The standard InChI is InChI=1S/C40H32N2/c1-27-17-21-31(22-18-27)41-39-34-15-9-10-16-35(34)40(42-32-23-19-28(2)20-24-32)38-36(39)26-25-33(29-11-5-3-6-12-29)37(38)30-13-7-4-8-14-30/h3-26,41-42H,1-2H3. The minimum absolute atomic E-state index is 1.07. The van der Waals surface area contributed by atoms with Gasteiger partial charge in [0.05, 0.1) is 11.4 Å². The van der Waals surface area contributed by atoms with Crippen LogP contribution in [0.15, 0.2) is 146 Å². The van der Waals surface area contributed by atoms with Crippen LogP contribution in [-0.2, 0) is 0 Å². The molecule has 7 aromatic carbocycles. The zero-order chi connectivity index (χ0) is 28.5. The van der Waals surface area contributed by atoms with E-state index in [9.17, 15) is 0 Å². The fourth-order valence-electron chi connectivity index (χ4n) is 5.86. The Hall–Kier alpha value is -5.34. The van der Waals surface area contributed by atoms with Gasteiger partial charge in [0.15, 0.2) is 0 Å². The largest absolute Gasteiger partial charge is 0.355 e. The molecule has 0 aliphatic carbocycles. The van der Waals surface area contributed by atoms with Gasteiger partial charge in [-0.05, 0) is 60.4 Å². The van der Waals surface area contributed by atoms with Gasteiger partial charge in [-0.2, -0.15) is 0 Å². The van der Waals surface area contributed by atoms with Gasteiger partial charge in [0, 0.05) is 32.9 Å². The Bertz CT molecular complexity index is 2010. The van der Waals surface area contributed by atoms with Crippen molar-refractivity contribution in [3.63, 3.8) is 0 Å². The van der Waals surface area contributed by atoms with Crippen LogP contribution in [0, 0.1) is 13.8 Å². The van der Waals surface area contributed by atoms with Gasteiger partial charge >= 0.3 is 0 Å². The van der Waals surface area contributed by atoms with Crippen molar-refractivity contribution in [3.05, 3.63) is 157 Å². The van der Waals surface area contributed by atoms with E-state index in [0.29, 0.717) is 0 Å². The molecule has 2 nitrogen and oxygen atoms in total. The molecule has 2 heteroatoms. The Morgan fingerprint density at radius 2 is 0.857 bits per heavy atom. The van der Waals surface area contributed by atoms with Gasteiger partial charge in [0.1, 0.15) is 0 Å². The summed E-state index contributed by atoms with van der Waals surface area (Å²) in [6.07, 6.45) is 0. The van der Waals surface area contributed by atoms with Crippen molar-refractivity contribution in [2.75, 3.05) is 10.6 Å². The zero-order valence-electron chi connectivity index (χ0n) is 23.9. The predicted octanol–water partition coefficient (Wildman–Crippen LogP) is 11.4. The molecule has 0 aromatic heterocycles. The summed E-state index contributed by atoms with van der Waals surface area (Å²) in [5.74, 6) is 0. The molecule has 0 saturated heterocycles. The molecule has 2 N–H and O–H groups in total. The second-order valence-corrected chi connectivity index (χ2v) is 10.9. The third-order valence-corrected chi connectivity index (χ3v) is 7.98. The van der Waals surface area contributed by atoms with Crippen LogP contribution in [0.1, 0.15) is 11.1 Å². The fraction of sp³-hybridized carbons (Fsp3) is 0.0500. The highest BCUT2D eigenvalue weighted by molar-refractivity contribution is 6.26. The van der Waals surface area contributed by atoms with Crippen LogP contribution in [0.5, 0.6) is 0 Å². The molecule has 0 heterocycles. The molecule has 202 valence electrons. The van der Waals surface area contributed by atoms with E-state index in [0.717, 1.165) is 22.7 Å². The maximum absolute atomic E-state index is 3.88. The Kier molecular flexibility index (Phi) is 6.65. The van der Waals surface area contributed by atoms with Crippen LogP contribution >= 0.6 is 0 Å². The molecule has 0 unspecified atom stereocenters. The summed E-state index contributed by atoms with van der Waals surface area (Å²) >= 11 is 0. The second-order valence-electron chi connectivity index (χ2n) is 10.9. The highest BCUT2D eigenvalue weighted by atomic mass is 14.9. The van der Waals surface area contributed by atoms with E-state index in [-0.39, 0.29) is 0 Å². The molecule has 0 saturated carbocycles. The number of fused-ring (bicyclic) bond motifs is 2. The first-order chi connectivity index (χ1) is 20.7. The summed E-state index contributed by atoms with van der Waals surface area (Å²) in [4.78, 5) is 0. The van der Waals surface area contributed by atoms with Gasteiger partial charge in [-0.3, -0.25) is 0 Å². The van der Waals surface area contributed by atoms with E-state index < -0.39 is 0 Å². The molecule has 0 fully saturated rings. The van der Waals surface area contributed by atoms with E-state index >= 15 is 0 Å². The lowest BCUT2D eigenvalue weighted by atomic mass is 9.86. The molecule has 0 bridgehead atoms. The highest BCUT2D eigenvalue weighted by Crippen LogP contribution is 2.49. The van der Waals surface area contributed by atoms with Crippen molar-refractivity contribution >= 4 is 44.3 Å². The Morgan fingerprint density at radius 3 is 1.43 bits per heavy atom. The molecule has 7 aromatic rings. The quantitative estimate of drug-likeness (QED) is 0.162. The van der Waals surface area contributed by atoms with Crippen LogP contribution < -0.4 is 10.6 Å². The van der Waals surface area contributed by atoms with Crippen molar-refractivity contribution in [3.8, 4) is 22.3 Å². The number of anilines is 4. The molecular weight excluding hydrogens is 508 g/mol. The molecule has 0 atom stereocenters. The van der Waals surface area contributed by atoms with Gasteiger partial charge in [0.25, 0.3) is 0 Å². The first-order valence-corrected chi connectivity index (χ1v) is 14.5. The van der Waals surface area contributed by atoms with Gasteiger partial charge < -0.3 is 10.6 Å². The first-order valence-electron chi connectivity index (χ1n) is 14.5. The van der Waals surface area contributed by atoms with Crippen LogP contribution in [-0.4, -0.2) is 0 Å². The summed E-state index contributed by atoms with van der Waals surface area (Å²) in [5, 5.41) is 12.4. The number of nitrogens with one attached hydrogen (secondary N) is 2. The lowest BCUT2D eigenvalue weighted by Crippen LogP contribution is -2.00. The van der Waals surface area contributed by atoms with Gasteiger partial charge in [0.2, 0.25) is 0 Å².